The lowest BCUT2D eigenvalue weighted by atomic mass is 9.91. The average molecular weight is 339 g/mol. The molecular formula is C19H25N5O. The smallest absolute Gasteiger partial charge is 0.252 e. The Morgan fingerprint density at radius 2 is 2.04 bits per heavy atom. The lowest BCUT2D eigenvalue weighted by Crippen LogP contribution is -2.42. The van der Waals surface area contributed by atoms with Gasteiger partial charge in [-0.15, -0.1) is 0 Å². The number of aromatic nitrogens is 1. The summed E-state index contributed by atoms with van der Waals surface area (Å²) >= 11 is 0. The van der Waals surface area contributed by atoms with Gasteiger partial charge in [-0.3, -0.25) is 4.79 Å². The maximum Gasteiger partial charge on any atom is 0.252 e. The molecule has 2 atom stereocenters. The fourth-order valence-electron chi connectivity index (χ4n) is 3.24. The van der Waals surface area contributed by atoms with E-state index in [-0.39, 0.29) is 12.1 Å². The van der Waals surface area contributed by atoms with E-state index in [0.29, 0.717) is 17.1 Å². The van der Waals surface area contributed by atoms with E-state index in [0.717, 1.165) is 24.1 Å². The number of amides is 1. The normalized spacial score (nSPS) is 20.1. The largest absolute Gasteiger partial charge is 0.366 e. The number of carbonyl (C=O) groups is 1. The summed E-state index contributed by atoms with van der Waals surface area (Å²) in [6, 6.07) is 10.1. The third-order valence-corrected chi connectivity index (χ3v) is 4.62. The number of rotatable bonds is 5. The van der Waals surface area contributed by atoms with Crippen LogP contribution in [0.15, 0.2) is 36.5 Å². The first-order valence-corrected chi connectivity index (χ1v) is 8.68. The second-order valence-electron chi connectivity index (χ2n) is 6.67. The topological polar surface area (TPSA) is 106 Å². The van der Waals surface area contributed by atoms with Crippen LogP contribution in [0.2, 0.25) is 0 Å². The first kappa shape index (κ1) is 17.2. The van der Waals surface area contributed by atoms with Crippen LogP contribution in [0.4, 0.5) is 17.2 Å². The zero-order chi connectivity index (χ0) is 17.8. The molecule has 1 aliphatic carbocycles. The Hall–Kier alpha value is -2.60. The van der Waals surface area contributed by atoms with Crippen molar-refractivity contribution < 1.29 is 4.79 Å². The summed E-state index contributed by atoms with van der Waals surface area (Å²) in [6.45, 7) is 2.02. The van der Waals surface area contributed by atoms with Gasteiger partial charge in [-0.25, -0.2) is 4.98 Å². The zero-order valence-corrected chi connectivity index (χ0v) is 14.5. The number of carbonyl (C=O) groups excluding carboxylic acids is 1. The first-order valence-electron chi connectivity index (χ1n) is 8.68. The van der Waals surface area contributed by atoms with Crippen molar-refractivity contribution in [3.8, 4) is 0 Å². The van der Waals surface area contributed by atoms with Gasteiger partial charge in [0.2, 0.25) is 0 Å². The second-order valence-corrected chi connectivity index (χ2v) is 6.67. The lowest BCUT2D eigenvalue weighted by Gasteiger charge is -2.29. The molecule has 6 heteroatoms. The van der Waals surface area contributed by atoms with Crippen molar-refractivity contribution >= 4 is 23.1 Å². The van der Waals surface area contributed by atoms with Crippen LogP contribution in [0.25, 0.3) is 0 Å². The van der Waals surface area contributed by atoms with E-state index in [9.17, 15) is 4.79 Å². The molecule has 1 aliphatic rings. The fourth-order valence-corrected chi connectivity index (χ4v) is 3.24. The third-order valence-electron chi connectivity index (χ3n) is 4.62. The molecule has 1 unspecified atom stereocenters. The average Bonchev–Trinajstić information content (AvgIpc) is 2.57. The van der Waals surface area contributed by atoms with Crippen molar-refractivity contribution in [3.05, 3.63) is 47.7 Å². The number of hydrogen-bond acceptors (Lipinski definition) is 5. The fraction of sp³-hybridized carbons (Fsp3) is 0.368. The molecule has 0 radical (unpaired) electrons. The first-order chi connectivity index (χ1) is 12.0. The third kappa shape index (κ3) is 4.28. The van der Waals surface area contributed by atoms with E-state index in [2.05, 4.69) is 15.6 Å². The molecule has 0 bridgehead atoms. The van der Waals surface area contributed by atoms with Gasteiger partial charge in [-0.05, 0) is 37.5 Å². The van der Waals surface area contributed by atoms with Gasteiger partial charge >= 0.3 is 0 Å². The Kier molecular flexibility index (Phi) is 5.19. The van der Waals surface area contributed by atoms with Crippen molar-refractivity contribution in [1.82, 2.24) is 4.98 Å². The Morgan fingerprint density at radius 1 is 1.24 bits per heavy atom. The molecule has 1 fully saturated rings. The van der Waals surface area contributed by atoms with Crippen LogP contribution in [0, 0.1) is 6.92 Å². The van der Waals surface area contributed by atoms with Gasteiger partial charge in [-0.1, -0.05) is 25.0 Å². The predicted molar refractivity (Wildman–Crippen MR) is 101 cm³/mol. The SMILES string of the molecule is Cc1cccc(Nc2cc(NC3CCCC[C@@H]3N)ncc2C(N)=O)c1. The van der Waals surface area contributed by atoms with E-state index in [1.807, 2.05) is 37.3 Å². The number of nitrogens with zero attached hydrogens (tertiary/aromatic N) is 1. The van der Waals surface area contributed by atoms with Crippen LogP contribution in [-0.4, -0.2) is 23.0 Å². The number of primary amides is 1. The van der Waals surface area contributed by atoms with Crippen LogP contribution < -0.4 is 22.1 Å². The molecule has 0 saturated heterocycles. The molecule has 1 aromatic carbocycles. The van der Waals surface area contributed by atoms with E-state index < -0.39 is 5.91 Å². The number of nitrogens with one attached hydrogen (secondary N) is 2. The van der Waals surface area contributed by atoms with E-state index in [4.69, 9.17) is 11.5 Å². The van der Waals surface area contributed by atoms with Gasteiger partial charge in [-0.2, -0.15) is 0 Å². The number of hydrogen-bond donors (Lipinski definition) is 4. The second kappa shape index (κ2) is 7.53. The number of anilines is 3. The predicted octanol–water partition coefficient (Wildman–Crippen LogP) is 2.91. The highest BCUT2D eigenvalue weighted by Gasteiger charge is 2.22. The van der Waals surface area contributed by atoms with Gasteiger partial charge < -0.3 is 22.1 Å². The molecule has 132 valence electrons. The Balaban J connectivity index is 1.85. The summed E-state index contributed by atoms with van der Waals surface area (Å²) in [5.74, 6) is 0.186. The van der Waals surface area contributed by atoms with Gasteiger partial charge in [0.25, 0.3) is 5.91 Å². The quantitative estimate of drug-likeness (QED) is 0.670. The highest BCUT2D eigenvalue weighted by Crippen LogP contribution is 2.26. The van der Waals surface area contributed by atoms with Crippen molar-refractivity contribution in [1.29, 1.82) is 0 Å². The summed E-state index contributed by atoms with van der Waals surface area (Å²) < 4.78 is 0. The minimum absolute atomic E-state index is 0.125. The summed E-state index contributed by atoms with van der Waals surface area (Å²) in [4.78, 5) is 16.1. The van der Waals surface area contributed by atoms with E-state index >= 15 is 0 Å². The molecule has 2 aromatic rings. The van der Waals surface area contributed by atoms with Gasteiger partial charge in [0.05, 0.1) is 11.3 Å². The number of nitrogens with two attached hydrogens (primary N) is 2. The van der Waals surface area contributed by atoms with Crippen LogP contribution in [-0.2, 0) is 0 Å². The molecule has 1 amide bonds. The molecule has 6 nitrogen and oxygen atoms in total. The van der Waals surface area contributed by atoms with E-state index in [1.54, 1.807) is 0 Å². The monoisotopic (exact) mass is 339 g/mol. The molecule has 6 N–H and O–H groups in total. The molecule has 0 spiro atoms. The molecule has 1 saturated carbocycles. The molecule has 1 heterocycles. The Bertz CT molecular complexity index is 761. The van der Waals surface area contributed by atoms with Crippen molar-refractivity contribution in [2.75, 3.05) is 10.6 Å². The number of aryl methyl sites for hydroxylation is 1. The summed E-state index contributed by atoms with van der Waals surface area (Å²) in [5.41, 5.74) is 14.7. The lowest BCUT2D eigenvalue weighted by molar-refractivity contribution is 0.100. The summed E-state index contributed by atoms with van der Waals surface area (Å²) in [7, 11) is 0. The summed E-state index contributed by atoms with van der Waals surface area (Å²) in [6.07, 6.45) is 5.90. The van der Waals surface area contributed by atoms with Crippen molar-refractivity contribution in [2.45, 2.75) is 44.7 Å². The van der Waals surface area contributed by atoms with Crippen molar-refractivity contribution in [3.63, 3.8) is 0 Å². The van der Waals surface area contributed by atoms with Crippen molar-refractivity contribution in [2.24, 2.45) is 11.5 Å². The highest BCUT2D eigenvalue weighted by atomic mass is 16.1. The van der Waals surface area contributed by atoms with Gasteiger partial charge in [0.1, 0.15) is 5.82 Å². The molecule has 3 rings (SSSR count). The maximum absolute atomic E-state index is 11.7. The van der Waals surface area contributed by atoms with Crippen LogP contribution in [0.5, 0.6) is 0 Å². The molecule has 25 heavy (non-hydrogen) atoms. The molecule has 1 aromatic heterocycles. The standard InChI is InChI=1S/C19H25N5O/c1-12-5-4-6-13(9-12)23-17-10-18(22-11-14(17)19(21)25)24-16-8-3-2-7-15(16)20/h4-6,9-11,15-16H,2-3,7-8,20H2,1H3,(H2,21,25)(H2,22,23,24)/t15-,16?/m0/s1. The number of benzene rings is 1. The number of pyridine rings is 1. The maximum atomic E-state index is 11.7. The van der Waals surface area contributed by atoms with Gasteiger partial charge in [0, 0.05) is 30.0 Å². The molecule has 0 aliphatic heterocycles. The zero-order valence-electron chi connectivity index (χ0n) is 14.5. The van der Waals surface area contributed by atoms with E-state index in [1.165, 1.54) is 19.0 Å². The summed E-state index contributed by atoms with van der Waals surface area (Å²) in [5, 5.41) is 6.68. The minimum Gasteiger partial charge on any atom is -0.366 e. The van der Waals surface area contributed by atoms with Crippen LogP contribution in [0.1, 0.15) is 41.6 Å². The van der Waals surface area contributed by atoms with Gasteiger partial charge in [0.15, 0.2) is 0 Å². The molecular weight excluding hydrogens is 314 g/mol. The Morgan fingerprint density at radius 3 is 2.76 bits per heavy atom. The minimum atomic E-state index is -0.511. The van der Waals surface area contributed by atoms with Crippen LogP contribution in [0.3, 0.4) is 0 Å². The Labute approximate surface area is 148 Å². The van der Waals surface area contributed by atoms with Crippen LogP contribution >= 0.6 is 0 Å². The highest BCUT2D eigenvalue weighted by molar-refractivity contribution is 5.99.